The van der Waals surface area contributed by atoms with E-state index in [1.807, 2.05) is 18.5 Å². The molecule has 0 saturated heterocycles. The summed E-state index contributed by atoms with van der Waals surface area (Å²) in [6.07, 6.45) is 1.32. The zero-order valence-electron chi connectivity index (χ0n) is 7.49. The highest BCUT2D eigenvalue weighted by molar-refractivity contribution is 7.10. The molecule has 70 valence electrons. The highest BCUT2D eigenvalue weighted by Crippen LogP contribution is 2.35. The summed E-state index contributed by atoms with van der Waals surface area (Å²) in [5.41, 5.74) is 6.93. The average Bonchev–Trinajstić information content (AvgIpc) is 2.57. The van der Waals surface area contributed by atoms with Gasteiger partial charge in [0, 0.05) is 24.4 Å². The molecule has 3 nitrogen and oxygen atoms in total. The number of nitrogens with two attached hydrogens (primary N) is 1. The predicted octanol–water partition coefficient (Wildman–Crippen LogP) is 1.50. The van der Waals surface area contributed by atoms with Gasteiger partial charge < -0.3 is 10.6 Å². The van der Waals surface area contributed by atoms with Crippen molar-refractivity contribution in [3.8, 4) is 0 Å². The molecule has 13 heavy (non-hydrogen) atoms. The van der Waals surface area contributed by atoms with Gasteiger partial charge in [0.1, 0.15) is 0 Å². The van der Waals surface area contributed by atoms with Crippen LogP contribution in [0.3, 0.4) is 0 Å². The van der Waals surface area contributed by atoms with Gasteiger partial charge in [-0.05, 0) is 17.9 Å². The van der Waals surface area contributed by atoms with Crippen molar-refractivity contribution in [1.82, 2.24) is 0 Å². The molecular formula is C9H12N2OS. The first-order valence-corrected chi connectivity index (χ1v) is 5.17. The highest BCUT2D eigenvalue weighted by atomic mass is 32.1. The summed E-state index contributed by atoms with van der Waals surface area (Å²) >= 11 is 1.63. The standard InChI is InChI=1S/C9H12N2OS/c1-11-7-4-5-13-9(7)6(10)2-3-8(11)12/h4-6H,2-3,10H2,1H3/t6-/m0/s1. The average molecular weight is 196 g/mol. The van der Waals surface area contributed by atoms with Crippen LogP contribution in [0.5, 0.6) is 0 Å². The fourth-order valence-electron chi connectivity index (χ4n) is 1.58. The zero-order valence-corrected chi connectivity index (χ0v) is 8.30. The summed E-state index contributed by atoms with van der Waals surface area (Å²) in [5, 5.41) is 1.99. The SMILES string of the molecule is CN1C(=O)CC[C@H](N)c2sccc21. The van der Waals surface area contributed by atoms with Crippen LogP contribution in [-0.4, -0.2) is 13.0 Å². The first-order valence-electron chi connectivity index (χ1n) is 4.29. The maximum Gasteiger partial charge on any atom is 0.226 e. The summed E-state index contributed by atoms with van der Waals surface area (Å²) in [7, 11) is 1.81. The molecule has 0 aromatic carbocycles. The minimum absolute atomic E-state index is 0.0314. The van der Waals surface area contributed by atoms with E-state index < -0.39 is 0 Å². The Morgan fingerprint density at radius 3 is 3.23 bits per heavy atom. The fourth-order valence-corrected chi connectivity index (χ4v) is 2.54. The van der Waals surface area contributed by atoms with E-state index in [-0.39, 0.29) is 11.9 Å². The first-order chi connectivity index (χ1) is 6.20. The second kappa shape index (κ2) is 3.12. The third-order valence-electron chi connectivity index (χ3n) is 2.41. The maximum absolute atomic E-state index is 11.5. The van der Waals surface area contributed by atoms with Crippen molar-refractivity contribution in [1.29, 1.82) is 0 Å². The van der Waals surface area contributed by atoms with Crippen LogP contribution in [0, 0.1) is 0 Å². The number of nitrogens with zero attached hydrogens (tertiary/aromatic N) is 1. The van der Waals surface area contributed by atoms with Crippen molar-refractivity contribution < 1.29 is 4.79 Å². The Hall–Kier alpha value is -0.870. The summed E-state index contributed by atoms with van der Waals surface area (Å²) in [5.74, 6) is 0.160. The van der Waals surface area contributed by atoms with E-state index in [4.69, 9.17) is 5.73 Å². The molecule has 0 bridgehead atoms. The first kappa shape index (κ1) is 8.72. The molecule has 2 rings (SSSR count). The Labute approximate surface area is 81.2 Å². The molecule has 0 unspecified atom stereocenters. The fraction of sp³-hybridized carbons (Fsp3) is 0.444. The Bertz CT molecular complexity index is 334. The number of carbonyl (C=O) groups is 1. The normalized spacial score (nSPS) is 22.8. The summed E-state index contributed by atoms with van der Waals surface area (Å²) in [4.78, 5) is 14.3. The van der Waals surface area contributed by atoms with Crippen molar-refractivity contribution in [2.45, 2.75) is 18.9 Å². The van der Waals surface area contributed by atoms with Crippen LogP contribution >= 0.6 is 11.3 Å². The zero-order chi connectivity index (χ0) is 9.42. The molecule has 0 saturated carbocycles. The summed E-state index contributed by atoms with van der Waals surface area (Å²) < 4.78 is 0. The molecule has 0 spiro atoms. The second-order valence-corrected chi connectivity index (χ2v) is 4.22. The monoisotopic (exact) mass is 196 g/mol. The Morgan fingerprint density at radius 2 is 2.46 bits per heavy atom. The number of anilines is 1. The molecule has 1 atom stereocenters. The largest absolute Gasteiger partial charge is 0.323 e. The molecule has 1 aromatic rings. The van der Waals surface area contributed by atoms with E-state index in [9.17, 15) is 4.79 Å². The topological polar surface area (TPSA) is 46.3 Å². The molecule has 0 fully saturated rings. The molecule has 4 heteroatoms. The van der Waals surface area contributed by atoms with Crippen molar-refractivity contribution in [2.75, 3.05) is 11.9 Å². The molecular weight excluding hydrogens is 184 g/mol. The summed E-state index contributed by atoms with van der Waals surface area (Å²) in [6.45, 7) is 0. The van der Waals surface area contributed by atoms with Crippen molar-refractivity contribution in [2.24, 2.45) is 5.73 Å². The van der Waals surface area contributed by atoms with Gasteiger partial charge in [-0.25, -0.2) is 0 Å². The van der Waals surface area contributed by atoms with Gasteiger partial charge in [-0.1, -0.05) is 0 Å². The number of rotatable bonds is 0. The van der Waals surface area contributed by atoms with Crippen LogP contribution in [-0.2, 0) is 4.79 Å². The van der Waals surface area contributed by atoms with Crippen molar-refractivity contribution in [3.63, 3.8) is 0 Å². The van der Waals surface area contributed by atoms with Crippen molar-refractivity contribution in [3.05, 3.63) is 16.3 Å². The van der Waals surface area contributed by atoms with Gasteiger partial charge >= 0.3 is 0 Å². The molecule has 0 radical (unpaired) electrons. The molecule has 2 heterocycles. The maximum atomic E-state index is 11.5. The van der Waals surface area contributed by atoms with Crippen LogP contribution in [0.15, 0.2) is 11.4 Å². The van der Waals surface area contributed by atoms with Gasteiger partial charge in [0.05, 0.1) is 5.69 Å². The predicted molar refractivity (Wildman–Crippen MR) is 53.9 cm³/mol. The van der Waals surface area contributed by atoms with E-state index in [1.54, 1.807) is 16.2 Å². The van der Waals surface area contributed by atoms with E-state index in [2.05, 4.69) is 0 Å². The molecule has 2 N–H and O–H groups in total. The van der Waals surface area contributed by atoms with Gasteiger partial charge in [0.25, 0.3) is 0 Å². The van der Waals surface area contributed by atoms with Crippen LogP contribution in [0.2, 0.25) is 0 Å². The van der Waals surface area contributed by atoms with Gasteiger partial charge in [-0.15, -0.1) is 11.3 Å². The Balaban J connectivity index is 2.46. The van der Waals surface area contributed by atoms with Crippen LogP contribution < -0.4 is 10.6 Å². The van der Waals surface area contributed by atoms with Gasteiger partial charge in [0.2, 0.25) is 5.91 Å². The smallest absolute Gasteiger partial charge is 0.226 e. The molecule has 1 amide bonds. The van der Waals surface area contributed by atoms with Crippen molar-refractivity contribution >= 4 is 22.9 Å². The second-order valence-electron chi connectivity index (χ2n) is 3.27. The van der Waals surface area contributed by atoms with Gasteiger partial charge in [0.15, 0.2) is 0 Å². The third-order valence-corrected chi connectivity index (χ3v) is 3.45. The number of hydrogen-bond acceptors (Lipinski definition) is 3. The molecule has 1 aliphatic rings. The van der Waals surface area contributed by atoms with Crippen LogP contribution in [0.25, 0.3) is 0 Å². The lowest BCUT2D eigenvalue weighted by Gasteiger charge is -2.14. The quantitative estimate of drug-likeness (QED) is 0.683. The molecule has 1 aliphatic heterocycles. The van der Waals surface area contributed by atoms with Crippen LogP contribution in [0.4, 0.5) is 5.69 Å². The summed E-state index contributed by atoms with van der Waals surface area (Å²) in [6, 6.07) is 1.99. The van der Waals surface area contributed by atoms with E-state index in [0.717, 1.165) is 17.0 Å². The lowest BCUT2D eigenvalue weighted by atomic mass is 10.1. The molecule has 0 aliphatic carbocycles. The minimum atomic E-state index is 0.0314. The highest BCUT2D eigenvalue weighted by Gasteiger charge is 2.24. The van der Waals surface area contributed by atoms with Gasteiger partial charge in [-0.3, -0.25) is 4.79 Å². The third kappa shape index (κ3) is 1.36. The van der Waals surface area contributed by atoms with E-state index >= 15 is 0 Å². The minimum Gasteiger partial charge on any atom is -0.323 e. The van der Waals surface area contributed by atoms with E-state index in [0.29, 0.717) is 6.42 Å². The number of thiophene rings is 1. The Kier molecular flexibility index (Phi) is 2.09. The lowest BCUT2D eigenvalue weighted by Crippen LogP contribution is -2.24. The number of carbonyl (C=O) groups excluding carboxylic acids is 1. The van der Waals surface area contributed by atoms with E-state index in [1.165, 1.54) is 0 Å². The Morgan fingerprint density at radius 1 is 1.69 bits per heavy atom. The van der Waals surface area contributed by atoms with Crippen LogP contribution in [0.1, 0.15) is 23.8 Å². The lowest BCUT2D eigenvalue weighted by molar-refractivity contribution is -0.118. The number of hydrogen-bond donors (Lipinski definition) is 1. The number of fused-ring (bicyclic) bond motifs is 1. The van der Waals surface area contributed by atoms with Gasteiger partial charge in [-0.2, -0.15) is 0 Å². The number of amides is 1. The molecule has 1 aromatic heterocycles.